The number of nitrogens with zero attached hydrogens (tertiary/aromatic N) is 1. The number of primary amides is 1. The van der Waals surface area contributed by atoms with E-state index in [0.717, 1.165) is 0 Å². The van der Waals surface area contributed by atoms with Gasteiger partial charge in [0.2, 0.25) is 5.89 Å². The van der Waals surface area contributed by atoms with Gasteiger partial charge in [-0.3, -0.25) is 4.79 Å². The van der Waals surface area contributed by atoms with Crippen LogP contribution in [0.15, 0.2) is 53.1 Å². The van der Waals surface area contributed by atoms with Crippen molar-refractivity contribution in [2.45, 2.75) is 6.61 Å². The largest absolute Gasteiger partial charge is 0.493 e. The molecule has 128 valence electrons. The topological polar surface area (TPSA) is 87.6 Å². The Morgan fingerprint density at radius 1 is 1.28 bits per heavy atom. The maximum atomic E-state index is 13.3. The van der Waals surface area contributed by atoms with Crippen molar-refractivity contribution in [2.24, 2.45) is 5.73 Å². The van der Waals surface area contributed by atoms with Gasteiger partial charge in [0.1, 0.15) is 24.4 Å². The molecule has 0 bridgehead atoms. The predicted molar refractivity (Wildman–Crippen MR) is 87.7 cm³/mol. The number of carbonyl (C=O) groups excluding carboxylic acids is 1. The van der Waals surface area contributed by atoms with Crippen molar-refractivity contribution in [3.8, 4) is 23.0 Å². The van der Waals surface area contributed by atoms with Crippen molar-refractivity contribution >= 4 is 5.91 Å². The van der Waals surface area contributed by atoms with Crippen LogP contribution < -0.4 is 15.2 Å². The molecule has 0 atom stereocenters. The highest BCUT2D eigenvalue weighted by Gasteiger charge is 2.16. The number of oxazole rings is 1. The van der Waals surface area contributed by atoms with Crippen LogP contribution in [0.4, 0.5) is 4.39 Å². The van der Waals surface area contributed by atoms with Crippen molar-refractivity contribution in [1.29, 1.82) is 0 Å². The summed E-state index contributed by atoms with van der Waals surface area (Å²) < 4.78 is 29.5. The molecule has 0 fully saturated rings. The van der Waals surface area contributed by atoms with Crippen LogP contribution >= 0.6 is 0 Å². The van der Waals surface area contributed by atoms with Gasteiger partial charge in [0.15, 0.2) is 11.5 Å². The second kappa shape index (κ2) is 7.04. The monoisotopic (exact) mass is 342 g/mol. The summed E-state index contributed by atoms with van der Waals surface area (Å²) in [5.74, 6) is -0.130. The van der Waals surface area contributed by atoms with Gasteiger partial charge in [0, 0.05) is 5.56 Å². The van der Waals surface area contributed by atoms with Gasteiger partial charge >= 0.3 is 0 Å². The molecule has 0 radical (unpaired) electrons. The van der Waals surface area contributed by atoms with Crippen molar-refractivity contribution in [3.05, 3.63) is 65.8 Å². The van der Waals surface area contributed by atoms with E-state index in [-0.39, 0.29) is 29.6 Å². The van der Waals surface area contributed by atoms with E-state index in [1.807, 2.05) is 0 Å². The standard InChI is InChI=1S/C18H15FN2O4/c1-23-15-7-3-6-14(17(20)22)16(15)24-9-13-10-25-18(21-13)11-4-2-5-12(19)8-11/h2-8,10H,9H2,1H3,(H2,20,22). The first-order valence-electron chi connectivity index (χ1n) is 7.38. The lowest BCUT2D eigenvalue weighted by atomic mass is 10.2. The second-order valence-electron chi connectivity index (χ2n) is 5.14. The average Bonchev–Trinajstić information content (AvgIpc) is 3.08. The first-order valence-corrected chi connectivity index (χ1v) is 7.38. The molecule has 25 heavy (non-hydrogen) atoms. The number of benzene rings is 2. The molecule has 2 N–H and O–H groups in total. The molecule has 6 nitrogen and oxygen atoms in total. The summed E-state index contributed by atoms with van der Waals surface area (Å²) >= 11 is 0. The van der Waals surface area contributed by atoms with Crippen LogP contribution in [0.3, 0.4) is 0 Å². The summed E-state index contributed by atoms with van der Waals surface area (Å²) in [5.41, 5.74) is 6.55. The highest BCUT2D eigenvalue weighted by Crippen LogP contribution is 2.31. The number of amides is 1. The van der Waals surface area contributed by atoms with Gasteiger partial charge in [-0.25, -0.2) is 9.37 Å². The quantitative estimate of drug-likeness (QED) is 0.743. The van der Waals surface area contributed by atoms with Gasteiger partial charge in [0.05, 0.1) is 12.7 Å². The Morgan fingerprint density at radius 2 is 2.08 bits per heavy atom. The summed E-state index contributed by atoms with van der Waals surface area (Å²) in [6.45, 7) is 0.0273. The van der Waals surface area contributed by atoms with Gasteiger partial charge in [-0.15, -0.1) is 0 Å². The lowest BCUT2D eigenvalue weighted by Gasteiger charge is -2.12. The number of hydrogen-bond acceptors (Lipinski definition) is 5. The van der Waals surface area contributed by atoms with E-state index in [1.165, 1.54) is 25.5 Å². The molecule has 0 aliphatic rings. The lowest BCUT2D eigenvalue weighted by molar-refractivity contribution is 0.0995. The second-order valence-corrected chi connectivity index (χ2v) is 5.14. The molecule has 7 heteroatoms. The van der Waals surface area contributed by atoms with E-state index in [0.29, 0.717) is 17.0 Å². The van der Waals surface area contributed by atoms with Gasteiger partial charge in [-0.1, -0.05) is 12.1 Å². The molecular weight excluding hydrogens is 327 g/mol. The maximum absolute atomic E-state index is 13.3. The normalized spacial score (nSPS) is 10.5. The number of aromatic nitrogens is 1. The van der Waals surface area contributed by atoms with E-state index in [1.54, 1.807) is 30.3 Å². The van der Waals surface area contributed by atoms with Crippen LogP contribution in [0.2, 0.25) is 0 Å². The molecule has 1 aromatic heterocycles. The number of carbonyl (C=O) groups is 1. The van der Waals surface area contributed by atoms with E-state index in [2.05, 4.69) is 4.98 Å². The molecule has 1 heterocycles. The van der Waals surface area contributed by atoms with Crippen LogP contribution in [0, 0.1) is 5.82 Å². The van der Waals surface area contributed by atoms with Crippen LogP contribution in [0.1, 0.15) is 16.1 Å². The van der Waals surface area contributed by atoms with Crippen LogP contribution in [0.5, 0.6) is 11.5 Å². The van der Waals surface area contributed by atoms with E-state index >= 15 is 0 Å². The minimum absolute atomic E-state index is 0.0273. The Kier molecular flexibility index (Phi) is 4.65. The number of nitrogens with two attached hydrogens (primary N) is 1. The zero-order valence-corrected chi connectivity index (χ0v) is 13.4. The van der Waals surface area contributed by atoms with Crippen LogP contribution in [-0.4, -0.2) is 18.0 Å². The molecule has 0 saturated heterocycles. The minimum Gasteiger partial charge on any atom is -0.493 e. The molecule has 1 amide bonds. The molecule has 0 saturated carbocycles. The fourth-order valence-electron chi connectivity index (χ4n) is 2.29. The van der Waals surface area contributed by atoms with Crippen LogP contribution in [-0.2, 0) is 6.61 Å². The van der Waals surface area contributed by atoms with Crippen molar-refractivity contribution in [1.82, 2.24) is 4.98 Å². The molecule has 3 aromatic rings. The zero-order chi connectivity index (χ0) is 17.8. The van der Waals surface area contributed by atoms with Crippen LogP contribution in [0.25, 0.3) is 11.5 Å². The average molecular weight is 342 g/mol. The number of ether oxygens (including phenoxy) is 2. The van der Waals surface area contributed by atoms with E-state index < -0.39 is 5.91 Å². The molecule has 0 spiro atoms. The van der Waals surface area contributed by atoms with E-state index in [9.17, 15) is 9.18 Å². The predicted octanol–water partition coefficient (Wildman–Crippen LogP) is 3.17. The third kappa shape index (κ3) is 3.60. The summed E-state index contributed by atoms with van der Waals surface area (Å²) in [6.07, 6.45) is 1.40. The van der Waals surface area contributed by atoms with E-state index in [4.69, 9.17) is 19.6 Å². The van der Waals surface area contributed by atoms with Gasteiger partial charge in [0.25, 0.3) is 5.91 Å². The van der Waals surface area contributed by atoms with Gasteiger partial charge < -0.3 is 19.6 Å². The Morgan fingerprint density at radius 3 is 2.80 bits per heavy atom. The lowest BCUT2D eigenvalue weighted by Crippen LogP contribution is -2.13. The third-order valence-electron chi connectivity index (χ3n) is 3.45. The van der Waals surface area contributed by atoms with Crippen molar-refractivity contribution in [2.75, 3.05) is 7.11 Å². The molecule has 0 aliphatic heterocycles. The van der Waals surface area contributed by atoms with Crippen molar-refractivity contribution in [3.63, 3.8) is 0 Å². The first-order chi connectivity index (χ1) is 12.1. The number of methoxy groups -OCH3 is 1. The number of halogens is 1. The highest BCUT2D eigenvalue weighted by molar-refractivity contribution is 5.96. The summed E-state index contributed by atoms with van der Waals surface area (Å²) in [7, 11) is 1.46. The smallest absolute Gasteiger partial charge is 0.252 e. The molecule has 3 rings (SSSR count). The fraction of sp³-hybridized carbons (Fsp3) is 0.111. The van der Waals surface area contributed by atoms with Gasteiger partial charge in [-0.05, 0) is 30.3 Å². The Hall–Kier alpha value is -3.35. The Bertz CT molecular complexity index is 908. The molecule has 0 unspecified atom stereocenters. The molecular formula is C18H15FN2O4. The summed E-state index contributed by atoms with van der Waals surface area (Å²) in [5, 5.41) is 0. The number of hydrogen-bond donors (Lipinski definition) is 1. The molecule has 0 aliphatic carbocycles. The summed E-state index contributed by atoms with van der Waals surface area (Å²) in [4.78, 5) is 15.8. The minimum atomic E-state index is -0.630. The zero-order valence-electron chi connectivity index (χ0n) is 13.4. The van der Waals surface area contributed by atoms with Crippen molar-refractivity contribution < 1.29 is 23.1 Å². The summed E-state index contributed by atoms with van der Waals surface area (Å²) in [6, 6.07) is 10.8. The number of para-hydroxylation sites is 1. The molecule has 2 aromatic carbocycles. The van der Waals surface area contributed by atoms with Gasteiger partial charge in [-0.2, -0.15) is 0 Å². The Labute approximate surface area is 143 Å². The Balaban J connectivity index is 1.80. The fourth-order valence-corrected chi connectivity index (χ4v) is 2.29. The maximum Gasteiger partial charge on any atom is 0.252 e. The SMILES string of the molecule is COc1cccc(C(N)=O)c1OCc1coc(-c2cccc(F)c2)n1. The third-order valence-corrected chi connectivity index (χ3v) is 3.45. The first kappa shape index (κ1) is 16.5. The number of rotatable bonds is 6. The highest BCUT2D eigenvalue weighted by atomic mass is 19.1.